The van der Waals surface area contributed by atoms with Gasteiger partial charge in [-0.05, 0) is 37.0 Å². The molecule has 0 saturated carbocycles. The summed E-state index contributed by atoms with van der Waals surface area (Å²) in [6, 6.07) is 4.66. The molecule has 0 aliphatic carbocycles. The van der Waals surface area contributed by atoms with Gasteiger partial charge in [0.1, 0.15) is 5.82 Å². The molecule has 2 rings (SSSR count). The Balaban J connectivity index is 2.21. The Kier molecular flexibility index (Phi) is 2.80. The highest BCUT2D eigenvalue weighted by Gasteiger charge is 2.18. The number of anilines is 2. The molecule has 82 valence electrons. The molecular weight excluding hydrogens is 191 g/mol. The minimum absolute atomic E-state index is 0.263. The van der Waals surface area contributed by atoms with E-state index in [1.165, 1.54) is 25.0 Å². The normalized spacial score (nSPS) is 21.7. The van der Waals surface area contributed by atoms with Crippen molar-refractivity contribution in [2.75, 3.05) is 23.7 Å². The van der Waals surface area contributed by atoms with Gasteiger partial charge in [-0.25, -0.2) is 4.39 Å². The number of nitrogens with zero attached hydrogens (tertiary/aromatic N) is 1. The largest absolute Gasteiger partial charge is 0.397 e. The molecule has 1 aliphatic heterocycles. The number of hydrogen-bond acceptors (Lipinski definition) is 2. The van der Waals surface area contributed by atoms with Crippen LogP contribution < -0.4 is 10.6 Å². The molecule has 1 atom stereocenters. The molecule has 0 unspecified atom stereocenters. The molecule has 1 aromatic rings. The Labute approximate surface area is 89.9 Å². The summed E-state index contributed by atoms with van der Waals surface area (Å²) in [6.45, 7) is 4.29. The van der Waals surface area contributed by atoms with Gasteiger partial charge < -0.3 is 10.6 Å². The average Bonchev–Trinajstić information content (AvgIpc) is 2.17. The Bertz CT molecular complexity index is 351. The predicted octanol–water partition coefficient (Wildman–Crippen LogP) is 2.64. The van der Waals surface area contributed by atoms with Crippen LogP contribution >= 0.6 is 0 Å². The van der Waals surface area contributed by atoms with Crippen molar-refractivity contribution in [3.8, 4) is 0 Å². The molecule has 0 radical (unpaired) electrons. The zero-order chi connectivity index (χ0) is 10.8. The number of halogens is 1. The zero-order valence-electron chi connectivity index (χ0n) is 9.04. The van der Waals surface area contributed by atoms with Gasteiger partial charge in [0.2, 0.25) is 0 Å². The Morgan fingerprint density at radius 3 is 2.93 bits per heavy atom. The molecule has 1 aromatic carbocycles. The molecule has 1 fully saturated rings. The van der Waals surface area contributed by atoms with Crippen molar-refractivity contribution in [3.05, 3.63) is 24.0 Å². The van der Waals surface area contributed by atoms with Crippen LogP contribution in [-0.2, 0) is 0 Å². The highest BCUT2D eigenvalue weighted by molar-refractivity contribution is 5.67. The minimum atomic E-state index is -0.263. The number of rotatable bonds is 1. The van der Waals surface area contributed by atoms with E-state index in [1.54, 1.807) is 6.07 Å². The molecule has 0 amide bonds. The van der Waals surface area contributed by atoms with Gasteiger partial charge in [-0.1, -0.05) is 6.92 Å². The van der Waals surface area contributed by atoms with Crippen molar-refractivity contribution in [1.82, 2.24) is 0 Å². The van der Waals surface area contributed by atoms with Crippen LogP contribution in [0.1, 0.15) is 19.8 Å². The molecule has 1 saturated heterocycles. The Hall–Kier alpha value is -1.25. The lowest BCUT2D eigenvalue weighted by molar-refractivity contribution is 0.447. The topological polar surface area (TPSA) is 29.3 Å². The number of nitrogens with two attached hydrogens (primary N) is 1. The number of benzene rings is 1. The van der Waals surface area contributed by atoms with Crippen LogP contribution in [-0.4, -0.2) is 13.1 Å². The van der Waals surface area contributed by atoms with Crippen molar-refractivity contribution in [2.45, 2.75) is 19.8 Å². The second-order valence-electron chi connectivity index (χ2n) is 4.40. The maximum absolute atomic E-state index is 12.9. The summed E-state index contributed by atoms with van der Waals surface area (Å²) in [5, 5.41) is 0. The summed E-state index contributed by atoms with van der Waals surface area (Å²) >= 11 is 0. The molecule has 0 bridgehead atoms. The third-order valence-corrected chi connectivity index (χ3v) is 2.99. The molecule has 1 aliphatic rings. The van der Waals surface area contributed by atoms with E-state index in [0.29, 0.717) is 11.6 Å². The third kappa shape index (κ3) is 2.22. The highest BCUT2D eigenvalue weighted by atomic mass is 19.1. The fraction of sp³-hybridized carbons (Fsp3) is 0.500. The summed E-state index contributed by atoms with van der Waals surface area (Å²) < 4.78 is 12.9. The smallest absolute Gasteiger partial charge is 0.125 e. The summed E-state index contributed by atoms with van der Waals surface area (Å²) in [5.74, 6) is 0.435. The Morgan fingerprint density at radius 2 is 2.27 bits per heavy atom. The first-order chi connectivity index (χ1) is 7.16. The lowest BCUT2D eigenvalue weighted by Gasteiger charge is -2.33. The van der Waals surface area contributed by atoms with Gasteiger partial charge in [0, 0.05) is 13.1 Å². The van der Waals surface area contributed by atoms with Crippen LogP contribution in [0.5, 0.6) is 0 Å². The van der Waals surface area contributed by atoms with Crippen molar-refractivity contribution in [3.63, 3.8) is 0 Å². The van der Waals surface area contributed by atoms with Crippen LogP contribution in [0.25, 0.3) is 0 Å². The standard InChI is InChI=1S/C12H17FN2/c1-9-3-2-6-15(8-9)12-5-4-10(13)7-11(12)14/h4-5,7,9H,2-3,6,8,14H2,1H3/t9-/m1/s1. The van der Waals surface area contributed by atoms with Crippen molar-refractivity contribution in [2.24, 2.45) is 5.92 Å². The van der Waals surface area contributed by atoms with Crippen molar-refractivity contribution in [1.29, 1.82) is 0 Å². The summed E-state index contributed by atoms with van der Waals surface area (Å²) in [4.78, 5) is 2.25. The van der Waals surface area contributed by atoms with Gasteiger partial charge in [-0.2, -0.15) is 0 Å². The molecule has 2 N–H and O–H groups in total. The predicted molar refractivity (Wildman–Crippen MR) is 61.4 cm³/mol. The molecule has 1 heterocycles. The van der Waals surface area contributed by atoms with E-state index in [-0.39, 0.29) is 5.82 Å². The first-order valence-corrected chi connectivity index (χ1v) is 5.47. The number of piperidine rings is 1. The number of nitrogen functional groups attached to an aromatic ring is 1. The molecule has 0 spiro atoms. The quantitative estimate of drug-likeness (QED) is 0.719. The van der Waals surface area contributed by atoms with E-state index < -0.39 is 0 Å². The monoisotopic (exact) mass is 208 g/mol. The zero-order valence-corrected chi connectivity index (χ0v) is 9.04. The first kappa shape index (κ1) is 10.3. The SMILES string of the molecule is C[C@@H]1CCCN(c2ccc(F)cc2N)C1. The van der Waals surface area contributed by atoms with Crippen LogP contribution in [0.4, 0.5) is 15.8 Å². The van der Waals surface area contributed by atoms with Crippen LogP contribution in [0.2, 0.25) is 0 Å². The Morgan fingerprint density at radius 1 is 1.47 bits per heavy atom. The lowest BCUT2D eigenvalue weighted by Crippen LogP contribution is -2.34. The number of hydrogen-bond donors (Lipinski definition) is 1. The van der Waals surface area contributed by atoms with E-state index in [1.807, 2.05) is 0 Å². The van der Waals surface area contributed by atoms with E-state index in [4.69, 9.17) is 5.73 Å². The molecule has 0 aromatic heterocycles. The van der Waals surface area contributed by atoms with E-state index in [9.17, 15) is 4.39 Å². The van der Waals surface area contributed by atoms with Crippen LogP contribution in [0.3, 0.4) is 0 Å². The van der Waals surface area contributed by atoms with Crippen molar-refractivity contribution < 1.29 is 4.39 Å². The summed E-state index contributed by atoms with van der Waals surface area (Å²) in [6.07, 6.45) is 2.47. The average molecular weight is 208 g/mol. The molecular formula is C12H17FN2. The minimum Gasteiger partial charge on any atom is -0.397 e. The first-order valence-electron chi connectivity index (χ1n) is 5.47. The van der Waals surface area contributed by atoms with Gasteiger partial charge in [-0.3, -0.25) is 0 Å². The maximum Gasteiger partial charge on any atom is 0.125 e. The third-order valence-electron chi connectivity index (χ3n) is 2.99. The lowest BCUT2D eigenvalue weighted by atomic mass is 9.99. The fourth-order valence-electron chi connectivity index (χ4n) is 2.22. The summed E-state index contributed by atoms with van der Waals surface area (Å²) in [7, 11) is 0. The van der Waals surface area contributed by atoms with Gasteiger partial charge in [0.05, 0.1) is 11.4 Å². The van der Waals surface area contributed by atoms with E-state index >= 15 is 0 Å². The van der Waals surface area contributed by atoms with E-state index in [2.05, 4.69) is 11.8 Å². The maximum atomic E-state index is 12.9. The molecule has 15 heavy (non-hydrogen) atoms. The van der Waals surface area contributed by atoms with Gasteiger partial charge in [0.25, 0.3) is 0 Å². The second kappa shape index (κ2) is 4.09. The van der Waals surface area contributed by atoms with Crippen LogP contribution in [0.15, 0.2) is 18.2 Å². The molecule has 3 heteroatoms. The van der Waals surface area contributed by atoms with Gasteiger partial charge >= 0.3 is 0 Å². The second-order valence-corrected chi connectivity index (χ2v) is 4.40. The van der Waals surface area contributed by atoms with Crippen LogP contribution in [0, 0.1) is 11.7 Å². The molecule has 2 nitrogen and oxygen atoms in total. The van der Waals surface area contributed by atoms with Gasteiger partial charge in [-0.15, -0.1) is 0 Å². The van der Waals surface area contributed by atoms with Gasteiger partial charge in [0.15, 0.2) is 0 Å². The summed E-state index contributed by atoms with van der Waals surface area (Å²) in [5.41, 5.74) is 7.34. The fourth-order valence-corrected chi connectivity index (χ4v) is 2.22. The van der Waals surface area contributed by atoms with E-state index in [0.717, 1.165) is 18.8 Å². The highest BCUT2D eigenvalue weighted by Crippen LogP contribution is 2.28. The van der Waals surface area contributed by atoms with Crippen molar-refractivity contribution >= 4 is 11.4 Å².